The molecule has 182 valence electrons. The summed E-state index contributed by atoms with van der Waals surface area (Å²) in [7, 11) is 0. The molecular weight excluding hydrogens is 482 g/mol. The highest BCUT2D eigenvalue weighted by Crippen LogP contribution is 2.27. The van der Waals surface area contributed by atoms with Gasteiger partial charge in [-0.3, -0.25) is 19.7 Å². The Bertz CT molecular complexity index is 1420. The average molecular weight is 504 g/mol. The summed E-state index contributed by atoms with van der Waals surface area (Å²) in [6, 6.07) is 17.5. The molecular formula is C27H22ClN3O5. The standard InChI is InChI=1S/C27H22ClN3O5/c1-16-7-5-11-22(17(16)2)29-24(32)15-36-23-12-4-3-8-18(23)13-21-25(33)30-27(35)31(26(21)34)20-10-6-9-19(28)14-20/h3-14H,15H2,1-2H3,(H,29,32)(H,30,33,35)/b21-13+. The molecule has 0 bridgehead atoms. The normalized spacial score (nSPS) is 14.6. The maximum Gasteiger partial charge on any atom is 0.335 e. The summed E-state index contributed by atoms with van der Waals surface area (Å²) in [4.78, 5) is 51.4. The summed E-state index contributed by atoms with van der Waals surface area (Å²) in [5, 5.41) is 5.31. The van der Waals surface area contributed by atoms with Crippen molar-refractivity contribution in [2.24, 2.45) is 0 Å². The van der Waals surface area contributed by atoms with E-state index in [9.17, 15) is 19.2 Å². The molecule has 3 aromatic rings. The number of rotatable bonds is 6. The molecule has 0 radical (unpaired) electrons. The van der Waals surface area contributed by atoms with Crippen LogP contribution in [0.15, 0.2) is 72.3 Å². The quantitative estimate of drug-likeness (QED) is 0.376. The van der Waals surface area contributed by atoms with E-state index < -0.39 is 17.8 Å². The van der Waals surface area contributed by atoms with Crippen molar-refractivity contribution in [3.63, 3.8) is 0 Å². The first-order valence-electron chi connectivity index (χ1n) is 11.0. The Morgan fingerprint density at radius 1 is 1.03 bits per heavy atom. The zero-order valence-corrected chi connectivity index (χ0v) is 20.3. The molecule has 0 aromatic heterocycles. The molecule has 3 aromatic carbocycles. The van der Waals surface area contributed by atoms with Gasteiger partial charge in [0.05, 0.1) is 5.69 Å². The number of nitrogens with one attached hydrogen (secondary N) is 2. The van der Waals surface area contributed by atoms with Crippen molar-refractivity contribution < 1.29 is 23.9 Å². The van der Waals surface area contributed by atoms with Gasteiger partial charge in [-0.05, 0) is 61.4 Å². The van der Waals surface area contributed by atoms with E-state index >= 15 is 0 Å². The number of halogens is 1. The molecule has 0 saturated carbocycles. The summed E-state index contributed by atoms with van der Waals surface area (Å²) in [5.41, 5.74) is 3.02. The van der Waals surface area contributed by atoms with Crippen molar-refractivity contribution in [2.75, 3.05) is 16.8 Å². The fourth-order valence-corrected chi connectivity index (χ4v) is 3.79. The van der Waals surface area contributed by atoms with Gasteiger partial charge in [0.15, 0.2) is 6.61 Å². The summed E-state index contributed by atoms with van der Waals surface area (Å²) < 4.78 is 5.70. The monoisotopic (exact) mass is 503 g/mol. The molecule has 9 heteroatoms. The molecule has 8 nitrogen and oxygen atoms in total. The lowest BCUT2D eigenvalue weighted by Gasteiger charge is -2.26. The van der Waals surface area contributed by atoms with Gasteiger partial charge in [-0.25, -0.2) is 9.69 Å². The van der Waals surface area contributed by atoms with E-state index in [-0.39, 0.29) is 29.5 Å². The highest BCUT2D eigenvalue weighted by molar-refractivity contribution is 6.39. The van der Waals surface area contributed by atoms with Crippen molar-refractivity contribution in [2.45, 2.75) is 13.8 Å². The number of carbonyl (C=O) groups is 4. The first-order valence-corrected chi connectivity index (χ1v) is 11.4. The van der Waals surface area contributed by atoms with Gasteiger partial charge < -0.3 is 10.1 Å². The highest BCUT2D eigenvalue weighted by atomic mass is 35.5. The number of urea groups is 1. The predicted molar refractivity (Wildman–Crippen MR) is 137 cm³/mol. The SMILES string of the molecule is Cc1cccc(NC(=O)COc2ccccc2/C=C2\C(=O)NC(=O)N(c3cccc(Cl)c3)C2=O)c1C. The topological polar surface area (TPSA) is 105 Å². The van der Waals surface area contributed by atoms with Crippen LogP contribution in [0.1, 0.15) is 16.7 Å². The molecule has 1 saturated heterocycles. The maximum absolute atomic E-state index is 13.1. The number of imide groups is 2. The summed E-state index contributed by atoms with van der Waals surface area (Å²) in [5.74, 6) is -1.73. The van der Waals surface area contributed by atoms with Crippen LogP contribution in [0.3, 0.4) is 0 Å². The zero-order valence-electron chi connectivity index (χ0n) is 19.5. The van der Waals surface area contributed by atoms with Crippen molar-refractivity contribution in [3.8, 4) is 5.75 Å². The number of carbonyl (C=O) groups excluding carboxylic acids is 4. The number of aryl methyl sites for hydroxylation is 1. The third-order valence-electron chi connectivity index (χ3n) is 5.62. The Kier molecular flexibility index (Phi) is 7.17. The van der Waals surface area contributed by atoms with Gasteiger partial charge in [-0.15, -0.1) is 0 Å². The molecule has 5 amide bonds. The Hall–Kier alpha value is -4.43. The van der Waals surface area contributed by atoms with Gasteiger partial charge in [-0.1, -0.05) is 48.0 Å². The molecule has 36 heavy (non-hydrogen) atoms. The van der Waals surface area contributed by atoms with Crippen molar-refractivity contribution in [3.05, 3.63) is 94.0 Å². The number of amides is 5. The van der Waals surface area contributed by atoms with Crippen LogP contribution in [-0.2, 0) is 14.4 Å². The van der Waals surface area contributed by atoms with E-state index in [1.807, 2.05) is 26.0 Å². The third kappa shape index (κ3) is 5.29. The lowest BCUT2D eigenvalue weighted by atomic mass is 10.1. The molecule has 1 fully saturated rings. The maximum atomic E-state index is 13.1. The Labute approximate surface area is 212 Å². The van der Waals surface area contributed by atoms with Gasteiger partial charge in [-0.2, -0.15) is 0 Å². The van der Waals surface area contributed by atoms with Gasteiger partial charge >= 0.3 is 6.03 Å². The first kappa shape index (κ1) is 24.7. The van der Waals surface area contributed by atoms with Crippen LogP contribution >= 0.6 is 11.6 Å². The molecule has 1 heterocycles. The molecule has 4 rings (SSSR count). The van der Waals surface area contributed by atoms with Gasteiger partial charge in [0.25, 0.3) is 17.7 Å². The number of para-hydroxylation sites is 1. The fourth-order valence-electron chi connectivity index (χ4n) is 3.61. The zero-order chi connectivity index (χ0) is 25.8. The Morgan fingerprint density at radius 2 is 1.78 bits per heavy atom. The third-order valence-corrected chi connectivity index (χ3v) is 5.86. The lowest BCUT2D eigenvalue weighted by Crippen LogP contribution is -2.54. The number of barbiturate groups is 1. The number of hydrogen-bond donors (Lipinski definition) is 2. The number of anilines is 2. The van der Waals surface area contributed by atoms with Crippen LogP contribution in [0.2, 0.25) is 5.02 Å². The van der Waals surface area contributed by atoms with Crippen LogP contribution in [0.4, 0.5) is 16.2 Å². The average Bonchev–Trinajstić information content (AvgIpc) is 2.84. The minimum atomic E-state index is -0.878. The Balaban J connectivity index is 1.55. The molecule has 2 N–H and O–H groups in total. The second kappa shape index (κ2) is 10.5. The highest BCUT2D eigenvalue weighted by Gasteiger charge is 2.37. The molecule has 0 unspecified atom stereocenters. The van der Waals surface area contributed by atoms with Crippen LogP contribution in [0.25, 0.3) is 6.08 Å². The van der Waals surface area contributed by atoms with Gasteiger partial charge in [0, 0.05) is 16.3 Å². The molecule has 0 atom stereocenters. The van der Waals surface area contributed by atoms with E-state index in [0.29, 0.717) is 16.3 Å². The van der Waals surface area contributed by atoms with Crippen molar-refractivity contribution in [1.29, 1.82) is 0 Å². The smallest absolute Gasteiger partial charge is 0.335 e. The van der Waals surface area contributed by atoms with Crippen LogP contribution in [0, 0.1) is 13.8 Å². The summed E-state index contributed by atoms with van der Waals surface area (Å²) in [6.07, 6.45) is 1.32. The first-order chi connectivity index (χ1) is 17.2. The van der Waals surface area contributed by atoms with Crippen molar-refractivity contribution in [1.82, 2.24) is 5.32 Å². The van der Waals surface area contributed by atoms with Crippen molar-refractivity contribution >= 4 is 52.8 Å². The molecule has 1 aliphatic rings. The summed E-state index contributed by atoms with van der Waals surface area (Å²) >= 11 is 6.00. The minimum absolute atomic E-state index is 0.219. The second-order valence-corrected chi connectivity index (χ2v) is 8.50. The molecule has 1 aliphatic heterocycles. The number of benzene rings is 3. The van der Waals surface area contributed by atoms with E-state index in [2.05, 4.69) is 10.6 Å². The van der Waals surface area contributed by atoms with Gasteiger partial charge in [0.2, 0.25) is 0 Å². The van der Waals surface area contributed by atoms with Crippen LogP contribution in [-0.4, -0.2) is 30.4 Å². The lowest BCUT2D eigenvalue weighted by molar-refractivity contribution is -0.122. The van der Waals surface area contributed by atoms with E-state index in [1.165, 1.54) is 18.2 Å². The molecule has 0 spiro atoms. The molecule has 0 aliphatic carbocycles. The largest absolute Gasteiger partial charge is 0.483 e. The number of nitrogens with zero attached hydrogens (tertiary/aromatic N) is 1. The number of ether oxygens (including phenoxy) is 1. The van der Waals surface area contributed by atoms with Crippen LogP contribution < -0.4 is 20.3 Å². The predicted octanol–water partition coefficient (Wildman–Crippen LogP) is 4.64. The Morgan fingerprint density at radius 3 is 2.56 bits per heavy atom. The fraction of sp³-hybridized carbons (Fsp3) is 0.111. The number of hydrogen-bond acceptors (Lipinski definition) is 5. The summed E-state index contributed by atoms with van der Waals surface area (Å²) in [6.45, 7) is 3.58. The van der Waals surface area contributed by atoms with E-state index in [0.717, 1.165) is 16.0 Å². The minimum Gasteiger partial charge on any atom is -0.483 e. The second-order valence-electron chi connectivity index (χ2n) is 8.06. The van der Waals surface area contributed by atoms with Crippen LogP contribution in [0.5, 0.6) is 5.75 Å². The van der Waals surface area contributed by atoms with E-state index in [1.54, 1.807) is 42.5 Å². The van der Waals surface area contributed by atoms with E-state index in [4.69, 9.17) is 16.3 Å². The van der Waals surface area contributed by atoms with Gasteiger partial charge in [0.1, 0.15) is 11.3 Å².